The minimum Gasteiger partial charge on any atom is -0.478 e. The molecular formula is C11H14N2O4S. The van der Waals surface area contributed by atoms with E-state index in [0.29, 0.717) is 11.3 Å². The van der Waals surface area contributed by atoms with E-state index in [9.17, 15) is 13.2 Å². The Balaban J connectivity index is 2.14. The number of aryl methyl sites for hydroxylation is 1. The first kappa shape index (κ1) is 12.8. The second-order valence-electron chi connectivity index (χ2n) is 4.33. The first-order valence-corrected chi connectivity index (χ1v) is 7.00. The van der Waals surface area contributed by atoms with Crippen LogP contribution in [0.4, 0.5) is 5.69 Å². The van der Waals surface area contributed by atoms with E-state index in [0.717, 1.165) is 12.8 Å². The highest BCUT2D eigenvalue weighted by molar-refractivity contribution is 7.90. The maximum Gasteiger partial charge on any atom is 0.335 e. The molecule has 1 aromatic rings. The Morgan fingerprint density at radius 1 is 1.39 bits per heavy atom. The SMILES string of the molecule is Cc1cc(NS(=O)(=O)NC2CC2)ccc1C(=O)O. The number of rotatable bonds is 5. The average Bonchev–Trinajstić information content (AvgIpc) is 2.99. The Morgan fingerprint density at radius 3 is 2.56 bits per heavy atom. The van der Waals surface area contributed by atoms with Crippen LogP contribution in [-0.2, 0) is 10.2 Å². The van der Waals surface area contributed by atoms with E-state index in [1.165, 1.54) is 18.2 Å². The number of hydrogen-bond donors (Lipinski definition) is 3. The summed E-state index contributed by atoms with van der Waals surface area (Å²) < 4.78 is 28.1. The Kier molecular flexibility index (Phi) is 3.27. The lowest BCUT2D eigenvalue weighted by atomic mass is 10.1. The van der Waals surface area contributed by atoms with Crippen LogP contribution in [-0.4, -0.2) is 25.5 Å². The van der Waals surface area contributed by atoms with Crippen molar-refractivity contribution in [3.63, 3.8) is 0 Å². The lowest BCUT2D eigenvalue weighted by molar-refractivity contribution is 0.0696. The van der Waals surface area contributed by atoms with Gasteiger partial charge in [0.05, 0.1) is 11.3 Å². The van der Waals surface area contributed by atoms with E-state index in [2.05, 4.69) is 9.44 Å². The topological polar surface area (TPSA) is 95.5 Å². The van der Waals surface area contributed by atoms with Crippen molar-refractivity contribution >= 4 is 21.9 Å². The highest BCUT2D eigenvalue weighted by Crippen LogP contribution is 2.21. The van der Waals surface area contributed by atoms with Gasteiger partial charge < -0.3 is 5.11 Å². The number of aromatic carboxylic acids is 1. The summed E-state index contributed by atoms with van der Waals surface area (Å²) >= 11 is 0. The highest BCUT2D eigenvalue weighted by atomic mass is 32.2. The van der Waals surface area contributed by atoms with Crippen molar-refractivity contribution in [3.05, 3.63) is 29.3 Å². The van der Waals surface area contributed by atoms with Gasteiger partial charge in [-0.3, -0.25) is 4.72 Å². The van der Waals surface area contributed by atoms with Crippen LogP contribution < -0.4 is 9.44 Å². The molecule has 0 saturated heterocycles. The summed E-state index contributed by atoms with van der Waals surface area (Å²) in [5, 5.41) is 8.87. The number of carboxylic acids is 1. The predicted octanol–water partition coefficient (Wildman–Crippen LogP) is 1.10. The van der Waals surface area contributed by atoms with Crippen molar-refractivity contribution in [1.29, 1.82) is 0 Å². The fourth-order valence-corrected chi connectivity index (χ4v) is 2.74. The normalized spacial score (nSPS) is 15.4. The van der Waals surface area contributed by atoms with Crippen molar-refractivity contribution in [2.75, 3.05) is 4.72 Å². The van der Waals surface area contributed by atoms with Gasteiger partial charge in [0.15, 0.2) is 0 Å². The Hall–Kier alpha value is -1.60. The number of benzene rings is 1. The molecule has 1 saturated carbocycles. The molecule has 0 unspecified atom stereocenters. The summed E-state index contributed by atoms with van der Waals surface area (Å²) in [5.74, 6) is -1.03. The molecule has 18 heavy (non-hydrogen) atoms. The third kappa shape index (κ3) is 3.21. The van der Waals surface area contributed by atoms with Gasteiger partial charge in [-0.2, -0.15) is 13.1 Å². The molecule has 0 radical (unpaired) electrons. The molecule has 0 amide bonds. The zero-order chi connectivity index (χ0) is 13.3. The molecule has 1 aliphatic rings. The molecule has 0 bridgehead atoms. The van der Waals surface area contributed by atoms with E-state index in [1.54, 1.807) is 6.92 Å². The number of carbonyl (C=O) groups is 1. The largest absolute Gasteiger partial charge is 0.478 e. The number of carboxylic acid groups (broad SMARTS) is 1. The zero-order valence-electron chi connectivity index (χ0n) is 9.80. The zero-order valence-corrected chi connectivity index (χ0v) is 10.6. The van der Waals surface area contributed by atoms with E-state index in [-0.39, 0.29) is 11.6 Å². The fraction of sp³-hybridized carbons (Fsp3) is 0.364. The molecule has 2 rings (SSSR count). The summed E-state index contributed by atoms with van der Waals surface area (Å²) in [7, 11) is -3.57. The molecule has 0 spiro atoms. The Bertz CT molecular complexity index is 579. The summed E-state index contributed by atoms with van der Waals surface area (Å²) in [6.45, 7) is 1.62. The quantitative estimate of drug-likeness (QED) is 0.746. The van der Waals surface area contributed by atoms with Crippen molar-refractivity contribution in [1.82, 2.24) is 4.72 Å². The van der Waals surface area contributed by atoms with Gasteiger partial charge in [-0.1, -0.05) is 0 Å². The number of anilines is 1. The van der Waals surface area contributed by atoms with Crippen molar-refractivity contribution in [2.45, 2.75) is 25.8 Å². The number of nitrogens with one attached hydrogen (secondary N) is 2. The van der Waals surface area contributed by atoms with Crippen LogP contribution in [0, 0.1) is 6.92 Å². The van der Waals surface area contributed by atoms with Gasteiger partial charge in [0.1, 0.15) is 0 Å². The third-order valence-corrected chi connectivity index (χ3v) is 3.76. The summed E-state index contributed by atoms with van der Waals surface area (Å²) in [6, 6.07) is 4.34. The Labute approximate surface area is 105 Å². The monoisotopic (exact) mass is 270 g/mol. The molecule has 98 valence electrons. The van der Waals surface area contributed by atoms with Gasteiger partial charge in [0.25, 0.3) is 10.2 Å². The van der Waals surface area contributed by atoms with Crippen LogP contribution >= 0.6 is 0 Å². The van der Waals surface area contributed by atoms with Crippen molar-refractivity contribution in [2.24, 2.45) is 0 Å². The van der Waals surface area contributed by atoms with Crippen LogP contribution in [0.2, 0.25) is 0 Å². The van der Waals surface area contributed by atoms with Gasteiger partial charge in [0, 0.05) is 6.04 Å². The van der Waals surface area contributed by atoms with Gasteiger partial charge >= 0.3 is 5.97 Å². The van der Waals surface area contributed by atoms with Crippen molar-refractivity contribution < 1.29 is 18.3 Å². The third-order valence-electron chi connectivity index (χ3n) is 2.61. The van der Waals surface area contributed by atoms with E-state index in [4.69, 9.17) is 5.11 Å². The van der Waals surface area contributed by atoms with E-state index in [1.807, 2.05) is 0 Å². The summed E-state index contributed by atoms with van der Waals surface area (Å²) in [5.41, 5.74) is 1.02. The van der Waals surface area contributed by atoms with Crippen LogP contribution in [0.3, 0.4) is 0 Å². The van der Waals surface area contributed by atoms with E-state index >= 15 is 0 Å². The molecule has 1 aliphatic carbocycles. The molecule has 3 N–H and O–H groups in total. The molecule has 0 atom stereocenters. The van der Waals surface area contributed by atoms with Gasteiger partial charge in [-0.05, 0) is 43.5 Å². The smallest absolute Gasteiger partial charge is 0.335 e. The lowest BCUT2D eigenvalue weighted by Crippen LogP contribution is -2.31. The first-order valence-electron chi connectivity index (χ1n) is 5.51. The minimum absolute atomic E-state index is 0.0295. The molecule has 6 nitrogen and oxygen atoms in total. The van der Waals surface area contributed by atoms with Gasteiger partial charge in [0.2, 0.25) is 0 Å². The second kappa shape index (κ2) is 4.58. The van der Waals surface area contributed by atoms with Crippen LogP contribution in [0.15, 0.2) is 18.2 Å². The second-order valence-corrected chi connectivity index (χ2v) is 5.78. The molecule has 0 aromatic heterocycles. The van der Waals surface area contributed by atoms with Gasteiger partial charge in [-0.15, -0.1) is 0 Å². The molecule has 0 heterocycles. The standard InChI is InChI=1S/C11H14N2O4S/c1-7-6-9(4-5-10(7)11(14)15)13-18(16,17)12-8-2-3-8/h4-6,8,12-13H,2-3H2,1H3,(H,14,15). The van der Waals surface area contributed by atoms with Crippen LogP contribution in [0.25, 0.3) is 0 Å². The maximum absolute atomic E-state index is 11.6. The lowest BCUT2D eigenvalue weighted by Gasteiger charge is -2.10. The fourth-order valence-electron chi connectivity index (χ4n) is 1.57. The maximum atomic E-state index is 11.6. The molecule has 1 fully saturated rings. The average molecular weight is 270 g/mol. The van der Waals surface area contributed by atoms with Crippen LogP contribution in [0.1, 0.15) is 28.8 Å². The van der Waals surface area contributed by atoms with E-state index < -0.39 is 16.2 Å². The molecule has 0 aliphatic heterocycles. The summed E-state index contributed by atoms with van der Waals surface area (Å²) in [6.07, 6.45) is 1.72. The predicted molar refractivity (Wildman–Crippen MR) is 66.8 cm³/mol. The van der Waals surface area contributed by atoms with Gasteiger partial charge in [-0.25, -0.2) is 4.79 Å². The first-order chi connectivity index (χ1) is 8.37. The van der Waals surface area contributed by atoms with Crippen molar-refractivity contribution in [3.8, 4) is 0 Å². The number of hydrogen-bond acceptors (Lipinski definition) is 3. The minimum atomic E-state index is -3.57. The molecule has 7 heteroatoms. The van der Waals surface area contributed by atoms with Crippen LogP contribution in [0.5, 0.6) is 0 Å². The highest BCUT2D eigenvalue weighted by Gasteiger charge is 2.26. The molecule has 1 aromatic carbocycles. The Morgan fingerprint density at radius 2 is 2.06 bits per heavy atom. The molecular weight excluding hydrogens is 256 g/mol. The summed E-state index contributed by atoms with van der Waals surface area (Å²) in [4.78, 5) is 10.8.